The average molecular weight is 387 g/mol. The van der Waals surface area contributed by atoms with Crippen LogP contribution in [-0.2, 0) is 5.75 Å². The van der Waals surface area contributed by atoms with E-state index in [-0.39, 0.29) is 0 Å². The Morgan fingerprint density at radius 2 is 1.79 bits per heavy atom. The van der Waals surface area contributed by atoms with E-state index in [0.717, 1.165) is 16.9 Å². The zero-order valence-electron chi connectivity index (χ0n) is 15.5. The van der Waals surface area contributed by atoms with Gasteiger partial charge in [0.05, 0.1) is 22.6 Å². The van der Waals surface area contributed by atoms with Gasteiger partial charge in [-0.05, 0) is 38.1 Å². The molecule has 0 aliphatic rings. The first-order chi connectivity index (χ1) is 13.7. The highest BCUT2D eigenvalue weighted by Crippen LogP contribution is 2.28. The minimum Gasteiger partial charge on any atom is -0.411 e. The third-order valence-electron chi connectivity index (χ3n) is 4.31. The summed E-state index contributed by atoms with van der Waals surface area (Å²) in [7, 11) is 0. The Bertz CT molecular complexity index is 1140. The van der Waals surface area contributed by atoms with Crippen LogP contribution in [0.1, 0.15) is 22.5 Å². The minimum atomic E-state index is 0.456. The SMILES string of the molecule is Cc1ccc(-c2nnc(SCc3c(C#N)c(C)nn3-c3ccccc3)o2)cc1. The summed E-state index contributed by atoms with van der Waals surface area (Å²) in [4.78, 5) is 0. The van der Waals surface area contributed by atoms with Crippen molar-refractivity contribution in [3.05, 3.63) is 77.1 Å². The van der Waals surface area contributed by atoms with Crippen molar-refractivity contribution < 1.29 is 4.42 Å². The van der Waals surface area contributed by atoms with Gasteiger partial charge in [-0.2, -0.15) is 10.4 Å². The molecular weight excluding hydrogens is 370 g/mol. The van der Waals surface area contributed by atoms with Crippen molar-refractivity contribution in [3.8, 4) is 23.2 Å². The Morgan fingerprint density at radius 3 is 2.50 bits per heavy atom. The van der Waals surface area contributed by atoms with E-state index in [1.807, 2.05) is 68.4 Å². The molecule has 0 aliphatic heterocycles. The van der Waals surface area contributed by atoms with E-state index in [1.54, 1.807) is 4.68 Å². The lowest BCUT2D eigenvalue weighted by atomic mass is 10.1. The molecule has 0 saturated heterocycles. The van der Waals surface area contributed by atoms with Gasteiger partial charge in [0.2, 0.25) is 5.89 Å². The molecule has 0 saturated carbocycles. The van der Waals surface area contributed by atoms with Gasteiger partial charge < -0.3 is 4.42 Å². The van der Waals surface area contributed by atoms with Gasteiger partial charge in [-0.25, -0.2) is 4.68 Å². The number of rotatable bonds is 5. The number of aromatic nitrogens is 4. The molecule has 0 bridgehead atoms. The van der Waals surface area contributed by atoms with Crippen LogP contribution in [0.5, 0.6) is 0 Å². The molecule has 0 radical (unpaired) electrons. The summed E-state index contributed by atoms with van der Waals surface area (Å²) in [6.45, 7) is 3.87. The molecule has 28 heavy (non-hydrogen) atoms. The second-order valence-corrected chi connectivity index (χ2v) is 7.22. The molecule has 6 nitrogen and oxygen atoms in total. The lowest BCUT2D eigenvalue weighted by Crippen LogP contribution is -2.02. The van der Waals surface area contributed by atoms with E-state index in [0.29, 0.717) is 28.1 Å². The van der Waals surface area contributed by atoms with E-state index in [4.69, 9.17) is 4.42 Å². The fraction of sp³-hybridized carbons (Fsp3) is 0.143. The highest BCUT2D eigenvalue weighted by Gasteiger charge is 2.18. The van der Waals surface area contributed by atoms with Crippen LogP contribution in [0.15, 0.2) is 64.2 Å². The standard InChI is InChI=1S/C21H17N5OS/c1-14-8-10-16(11-9-14)20-23-24-21(27-20)28-13-19-18(12-22)15(2)25-26(19)17-6-4-3-5-7-17/h3-11H,13H2,1-2H3. The Hall–Kier alpha value is -3.37. The highest BCUT2D eigenvalue weighted by atomic mass is 32.2. The summed E-state index contributed by atoms with van der Waals surface area (Å²) < 4.78 is 7.59. The Kier molecular flexibility index (Phi) is 4.96. The minimum absolute atomic E-state index is 0.456. The molecule has 0 fully saturated rings. The van der Waals surface area contributed by atoms with Crippen LogP contribution in [0.2, 0.25) is 0 Å². The Labute approximate surface area is 166 Å². The van der Waals surface area contributed by atoms with Crippen LogP contribution in [0.4, 0.5) is 0 Å². The molecule has 2 aromatic heterocycles. The molecule has 4 rings (SSSR count). The predicted molar refractivity (Wildman–Crippen MR) is 107 cm³/mol. The van der Waals surface area contributed by atoms with Crippen molar-refractivity contribution in [1.29, 1.82) is 5.26 Å². The lowest BCUT2D eigenvalue weighted by Gasteiger charge is -2.06. The van der Waals surface area contributed by atoms with Crippen molar-refractivity contribution in [2.75, 3.05) is 0 Å². The fourth-order valence-corrected chi connectivity index (χ4v) is 3.61. The van der Waals surface area contributed by atoms with E-state index in [2.05, 4.69) is 21.4 Å². The monoisotopic (exact) mass is 387 g/mol. The molecule has 138 valence electrons. The summed E-state index contributed by atoms with van der Waals surface area (Å²) in [5.74, 6) is 0.976. The summed E-state index contributed by atoms with van der Waals surface area (Å²) in [6.07, 6.45) is 0. The number of benzene rings is 2. The highest BCUT2D eigenvalue weighted by molar-refractivity contribution is 7.98. The van der Waals surface area contributed by atoms with Crippen molar-refractivity contribution in [2.24, 2.45) is 0 Å². The van der Waals surface area contributed by atoms with Crippen LogP contribution in [0, 0.1) is 25.2 Å². The maximum Gasteiger partial charge on any atom is 0.277 e. The van der Waals surface area contributed by atoms with Crippen LogP contribution in [0.3, 0.4) is 0 Å². The first kappa shape index (κ1) is 18.0. The smallest absolute Gasteiger partial charge is 0.277 e. The van der Waals surface area contributed by atoms with Gasteiger partial charge in [0, 0.05) is 11.3 Å². The van der Waals surface area contributed by atoms with Crippen LogP contribution < -0.4 is 0 Å². The van der Waals surface area contributed by atoms with E-state index >= 15 is 0 Å². The molecular formula is C21H17N5OS. The second kappa shape index (κ2) is 7.71. The molecule has 0 N–H and O–H groups in total. The van der Waals surface area contributed by atoms with Gasteiger partial charge in [-0.1, -0.05) is 47.7 Å². The van der Waals surface area contributed by atoms with E-state index in [1.165, 1.54) is 17.3 Å². The van der Waals surface area contributed by atoms with Crippen LogP contribution >= 0.6 is 11.8 Å². The number of nitriles is 1. The summed E-state index contributed by atoms with van der Waals surface area (Å²) >= 11 is 1.39. The van der Waals surface area contributed by atoms with Gasteiger partial charge in [0.15, 0.2) is 0 Å². The number of hydrogen-bond donors (Lipinski definition) is 0. The molecule has 0 atom stereocenters. The Balaban J connectivity index is 1.59. The van der Waals surface area contributed by atoms with E-state index < -0.39 is 0 Å². The quantitative estimate of drug-likeness (QED) is 0.462. The average Bonchev–Trinajstić information content (AvgIpc) is 3.31. The van der Waals surface area contributed by atoms with Gasteiger partial charge in [0.1, 0.15) is 6.07 Å². The van der Waals surface area contributed by atoms with Crippen LogP contribution in [-0.4, -0.2) is 20.0 Å². The molecule has 7 heteroatoms. The lowest BCUT2D eigenvalue weighted by molar-refractivity contribution is 0.465. The molecule has 2 aromatic carbocycles. The summed E-state index contributed by atoms with van der Waals surface area (Å²) in [5, 5.41) is 22.8. The van der Waals surface area contributed by atoms with E-state index in [9.17, 15) is 5.26 Å². The molecule has 4 aromatic rings. The molecule has 0 unspecified atom stereocenters. The molecule has 2 heterocycles. The normalized spacial score (nSPS) is 10.8. The predicted octanol–water partition coefficient (Wildman–Crippen LogP) is 4.70. The van der Waals surface area contributed by atoms with Gasteiger partial charge in [0.25, 0.3) is 5.22 Å². The number of aryl methyl sites for hydroxylation is 2. The van der Waals surface area contributed by atoms with Gasteiger partial charge >= 0.3 is 0 Å². The number of para-hydroxylation sites is 1. The largest absolute Gasteiger partial charge is 0.411 e. The Morgan fingerprint density at radius 1 is 1.04 bits per heavy atom. The molecule has 0 spiro atoms. The first-order valence-electron chi connectivity index (χ1n) is 8.73. The number of hydrogen-bond acceptors (Lipinski definition) is 6. The molecule has 0 aliphatic carbocycles. The van der Waals surface area contributed by atoms with Crippen molar-refractivity contribution in [1.82, 2.24) is 20.0 Å². The summed E-state index contributed by atoms with van der Waals surface area (Å²) in [6, 6.07) is 20.0. The maximum atomic E-state index is 9.57. The van der Waals surface area contributed by atoms with Crippen molar-refractivity contribution in [2.45, 2.75) is 24.8 Å². The second-order valence-electron chi connectivity index (χ2n) is 6.29. The summed E-state index contributed by atoms with van der Waals surface area (Å²) in [5.41, 5.74) is 5.06. The maximum absolute atomic E-state index is 9.57. The fourth-order valence-electron chi connectivity index (χ4n) is 2.85. The molecule has 0 amide bonds. The zero-order chi connectivity index (χ0) is 19.5. The van der Waals surface area contributed by atoms with Gasteiger partial charge in [-0.15, -0.1) is 10.2 Å². The topological polar surface area (TPSA) is 80.5 Å². The van der Waals surface area contributed by atoms with Crippen LogP contribution in [0.25, 0.3) is 17.1 Å². The third-order valence-corrected chi connectivity index (χ3v) is 5.14. The third kappa shape index (κ3) is 3.55. The van der Waals surface area contributed by atoms with Crippen molar-refractivity contribution in [3.63, 3.8) is 0 Å². The number of nitrogens with zero attached hydrogens (tertiary/aromatic N) is 5. The number of thioether (sulfide) groups is 1. The first-order valence-corrected chi connectivity index (χ1v) is 9.71. The van der Waals surface area contributed by atoms with Crippen molar-refractivity contribution >= 4 is 11.8 Å². The van der Waals surface area contributed by atoms with Gasteiger partial charge in [-0.3, -0.25) is 0 Å². The zero-order valence-corrected chi connectivity index (χ0v) is 16.3.